The van der Waals surface area contributed by atoms with Crippen molar-refractivity contribution in [1.82, 2.24) is 25.2 Å². The number of nitrogens with zero attached hydrogens (tertiary/aromatic N) is 4. The van der Waals surface area contributed by atoms with Crippen molar-refractivity contribution in [3.63, 3.8) is 0 Å². The number of rotatable bonds is 11. The molecule has 2 aliphatic rings. The Hall–Kier alpha value is -4.59. The third-order valence-electron chi connectivity index (χ3n) is 6.79. The number of aliphatic hydroxyl groups excluding tert-OH is 1. The summed E-state index contributed by atoms with van der Waals surface area (Å²) in [5, 5.41) is 46.3. The highest BCUT2D eigenvalue weighted by atomic mass is 32.2. The standard InChI is InChI=1S/C26H25N7O9S3/c27-26-28-14(11-45-26)18(29-21(37)15-7-16(35)17(36)8-32(15)42)22(38)30-19-23(39)33-20(25(40)41)12(10-44-24(19)33)9-43-13-1-3-31(4-2-13)5-6-34/h1-4,7-8,11,18-19,24,34,42H,5-6,9-10H2,(H5-,27,28,29,30,36,37,38,40,41)/t18-,19?,24+/m0/s1. The minimum atomic E-state index is -1.53. The van der Waals surface area contributed by atoms with Gasteiger partial charge in [0.05, 0.1) is 23.6 Å². The molecule has 0 spiro atoms. The van der Waals surface area contributed by atoms with Gasteiger partial charge in [0.15, 0.2) is 35.9 Å². The number of β-lactam (4-membered cyclic amide) rings is 1. The van der Waals surface area contributed by atoms with Crippen molar-refractivity contribution in [2.45, 2.75) is 28.9 Å². The summed E-state index contributed by atoms with van der Waals surface area (Å²) < 4.78 is 2.00. The number of nitrogens with two attached hydrogens (primary N) is 1. The Bertz CT molecular complexity index is 1760. The summed E-state index contributed by atoms with van der Waals surface area (Å²) in [7, 11) is 0. The van der Waals surface area contributed by atoms with E-state index in [1.807, 2.05) is 12.1 Å². The summed E-state index contributed by atoms with van der Waals surface area (Å²) in [6, 6.07) is 1.63. The van der Waals surface area contributed by atoms with Crippen molar-refractivity contribution >= 4 is 63.7 Å². The highest BCUT2D eigenvalue weighted by Crippen LogP contribution is 2.41. The second-order valence-electron chi connectivity index (χ2n) is 9.69. The number of carboxylic acids is 1. The predicted molar refractivity (Wildman–Crippen MR) is 158 cm³/mol. The Labute approximate surface area is 266 Å². The largest absolute Gasteiger partial charge is 0.543 e. The number of carbonyl (C=O) groups excluding carboxylic acids is 4. The molecule has 3 aromatic heterocycles. The number of nitrogen functional groups attached to an aromatic ring is 1. The predicted octanol–water partition coefficient (Wildman–Crippen LogP) is -2.22. The van der Waals surface area contributed by atoms with Crippen LogP contribution < -0.4 is 31.5 Å². The first kappa shape index (κ1) is 31.8. The molecule has 0 bridgehead atoms. The van der Waals surface area contributed by atoms with E-state index in [-0.39, 0.29) is 39.4 Å². The van der Waals surface area contributed by atoms with Gasteiger partial charge in [0.2, 0.25) is 11.3 Å². The van der Waals surface area contributed by atoms with Gasteiger partial charge in [0, 0.05) is 40.0 Å². The van der Waals surface area contributed by atoms with E-state index in [0.29, 0.717) is 24.4 Å². The number of carboxylic acid groups (broad SMARTS) is 1. The lowest BCUT2D eigenvalue weighted by Gasteiger charge is -2.51. The summed E-state index contributed by atoms with van der Waals surface area (Å²) in [4.78, 5) is 69.5. The molecule has 236 valence electrons. The first-order valence-electron chi connectivity index (χ1n) is 13.1. The van der Waals surface area contributed by atoms with E-state index in [2.05, 4.69) is 15.6 Å². The molecular weight excluding hydrogens is 651 g/mol. The van der Waals surface area contributed by atoms with Crippen LogP contribution in [0.4, 0.5) is 5.13 Å². The van der Waals surface area contributed by atoms with Gasteiger partial charge in [0.1, 0.15) is 23.7 Å². The average molecular weight is 676 g/mol. The molecule has 19 heteroatoms. The number of carbonyl (C=O) groups is 4. The Kier molecular flexibility index (Phi) is 9.32. The van der Waals surface area contributed by atoms with E-state index in [4.69, 9.17) is 10.8 Å². The number of anilines is 1. The van der Waals surface area contributed by atoms with Crippen molar-refractivity contribution in [2.75, 3.05) is 23.8 Å². The number of hydrogen-bond acceptors (Lipinski definition) is 14. The van der Waals surface area contributed by atoms with E-state index in [1.54, 1.807) is 17.0 Å². The fraction of sp³-hybridized carbons (Fsp3) is 0.269. The number of aromatic hydroxyl groups is 1. The van der Waals surface area contributed by atoms with Gasteiger partial charge < -0.3 is 41.7 Å². The molecule has 3 amide bonds. The number of fused-ring (bicyclic) bond motifs is 1. The Balaban J connectivity index is 1.31. The molecule has 0 saturated carbocycles. The minimum Gasteiger partial charge on any atom is -0.543 e. The maximum atomic E-state index is 13.4. The van der Waals surface area contributed by atoms with Crippen LogP contribution in [0, 0.1) is 0 Å². The second-order valence-corrected chi connectivity index (χ2v) is 12.7. The fourth-order valence-corrected chi connectivity index (χ4v) is 7.55. The maximum Gasteiger partial charge on any atom is 0.272 e. The van der Waals surface area contributed by atoms with Crippen LogP contribution in [-0.4, -0.2) is 83.3 Å². The number of amides is 3. The molecule has 2 aliphatic heterocycles. The van der Waals surface area contributed by atoms with E-state index < -0.39 is 58.0 Å². The highest BCUT2D eigenvalue weighted by molar-refractivity contribution is 8.01. The topological polar surface area (TPSA) is 244 Å². The molecule has 5 heterocycles. The third-order valence-corrected chi connectivity index (χ3v) is 9.92. The minimum absolute atomic E-state index is 0.00585. The van der Waals surface area contributed by atoms with Gasteiger partial charge in [-0.2, -0.15) is 4.73 Å². The van der Waals surface area contributed by atoms with Crippen molar-refractivity contribution in [3.8, 4) is 5.75 Å². The molecule has 5 rings (SSSR count). The lowest BCUT2D eigenvalue weighted by atomic mass is 10.0. The smallest absolute Gasteiger partial charge is 0.272 e. The zero-order valence-corrected chi connectivity index (χ0v) is 25.4. The van der Waals surface area contributed by atoms with Crippen molar-refractivity contribution in [3.05, 3.63) is 75.1 Å². The van der Waals surface area contributed by atoms with Crippen LogP contribution in [0.2, 0.25) is 0 Å². The molecular formula is C26H25N7O9S3. The van der Waals surface area contributed by atoms with Crippen LogP contribution in [0.15, 0.2) is 63.1 Å². The molecule has 0 radical (unpaired) electrons. The summed E-state index contributed by atoms with van der Waals surface area (Å²) in [5.74, 6) is -4.51. The maximum absolute atomic E-state index is 13.4. The molecule has 0 aromatic carbocycles. The molecule has 7 N–H and O–H groups in total. The molecule has 1 saturated heterocycles. The molecule has 1 fully saturated rings. The van der Waals surface area contributed by atoms with Gasteiger partial charge in [-0.25, -0.2) is 9.55 Å². The Morgan fingerprint density at radius 3 is 2.64 bits per heavy atom. The number of pyridine rings is 2. The van der Waals surface area contributed by atoms with E-state index in [9.17, 15) is 39.4 Å². The number of aliphatic hydroxyl groups is 1. The van der Waals surface area contributed by atoms with Crippen LogP contribution in [0.3, 0.4) is 0 Å². The first-order valence-corrected chi connectivity index (χ1v) is 16.0. The number of nitrogens with one attached hydrogen (secondary N) is 2. The molecule has 45 heavy (non-hydrogen) atoms. The molecule has 3 atom stereocenters. The molecule has 1 unspecified atom stereocenters. The number of aromatic nitrogens is 3. The van der Waals surface area contributed by atoms with E-state index in [0.717, 1.165) is 21.1 Å². The SMILES string of the molecule is Nc1nc([C@H](NC(=O)c2cc(=O)c(O)cn2O)C(=O)NC2C(=O)N3C(C(=O)[O-])=C(CSc4cc[n+](CCO)cc4)CS[C@H]23)cs1. The number of hydrogen-bond donors (Lipinski definition) is 6. The fourth-order valence-electron chi connectivity index (χ4n) is 4.59. The normalized spacial score (nSPS) is 18.2. The Morgan fingerprint density at radius 2 is 2.00 bits per heavy atom. The summed E-state index contributed by atoms with van der Waals surface area (Å²) in [5.41, 5.74) is 4.37. The summed E-state index contributed by atoms with van der Waals surface area (Å²) >= 11 is 3.59. The van der Waals surface area contributed by atoms with Gasteiger partial charge >= 0.3 is 0 Å². The summed E-state index contributed by atoms with van der Waals surface area (Å²) in [6.07, 6.45) is 4.18. The van der Waals surface area contributed by atoms with Crippen LogP contribution >= 0.6 is 34.9 Å². The van der Waals surface area contributed by atoms with Crippen molar-refractivity contribution in [2.24, 2.45) is 0 Å². The number of aliphatic carboxylic acids is 1. The van der Waals surface area contributed by atoms with Crippen molar-refractivity contribution in [1.29, 1.82) is 0 Å². The van der Waals surface area contributed by atoms with Crippen LogP contribution in [-0.2, 0) is 20.9 Å². The van der Waals surface area contributed by atoms with Crippen LogP contribution in [0.5, 0.6) is 5.75 Å². The van der Waals surface area contributed by atoms with Crippen LogP contribution in [0.25, 0.3) is 0 Å². The van der Waals surface area contributed by atoms with E-state index in [1.165, 1.54) is 28.9 Å². The van der Waals surface area contributed by atoms with E-state index >= 15 is 0 Å². The lowest BCUT2D eigenvalue weighted by Crippen LogP contribution is -2.71. The highest BCUT2D eigenvalue weighted by Gasteiger charge is 2.53. The van der Waals surface area contributed by atoms with Gasteiger partial charge in [-0.3, -0.25) is 24.1 Å². The second kappa shape index (κ2) is 13.2. The zero-order chi connectivity index (χ0) is 32.4. The number of thiazole rings is 1. The third kappa shape index (κ3) is 6.60. The van der Waals surface area contributed by atoms with Crippen molar-refractivity contribution < 1.29 is 44.3 Å². The van der Waals surface area contributed by atoms with Gasteiger partial charge in [-0.1, -0.05) is 0 Å². The van der Waals surface area contributed by atoms with Gasteiger partial charge in [-0.05, 0) is 5.57 Å². The average Bonchev–Trinajstić information content (AvgIpc) is 3.44. The molecule has 16 nitrogen and oxygen atoms in total. The molecule has 3 aromatic rings. The lowest BCUT2D eigenvalue weighted by molar-refractivity contribution is -0.698. The first-order chi connectivity index (χ1) is 21.5. The van der Waals surface area contributed by atoms with Gasteiger partial charge in [-0.15, -0.1) is 34.9 Å². The number of thioether (sulfide) groups is 2. The van der Waals surface area contributed by atoms with Gasteiger partial charge in [0.25, 0.3) is 11.8 Å². The molecule has 0 aliphatic carbocycles. The zero-order valence-electron chi connectivity index (χ0n) is 23.0. The monoisotopic (exact) mass is 675 g/mol. The summed E-state index contributed by atoms with van der Waals surface area (Å²) in [6.45, 7) is 0.427. The Morgan fingerprint density at radius 1 is 1.27 bits per heavy atom. The quantitative estimate of drug-likeness (QED) is 0.0547. The van der Waals surface area contributed by atoms with Crippen LogP contribution in [0.1, 0.15) is 22.2 Å².